The number of fused-ring (bicyclic) bond motifs is 1. The number of carbonyl (C=O) groups excluding carboxylic acids is 1. The minimum atomic E-state index is -0.145. The van der Waals surface area contributed by atoms with Crippen molar-refractivity contribution in [3.8, 4) is 0 Å². The Labute approximate surface area is 105 Å². The van der Waals surface area contributed by atoms with Crippen LogP contribution in [0.15, 0.2) is 0 Å². The number of nitrogens with zero attached hydrogens (tertiary/aromatic N) is 1. The molecule has 0 aliphatic carbocycles. The van der Waals surface area contributed by atoms with Crippen molar-refractivity contribution < 1.29 is 14.3 Å². The third-order valence-electron chi connectivity index (χ3n) is 3.42. The summed E-state index contributed by atoms with van der Waals surface area (Å²) in [6.07, 6.45) is 3.04. The number of nitrogens with one attached hydrogen (secondary N) is 2. The van der Waals surface area contributed by atoms with Crippen molar-refractivity contribution in [1.29, 1.82) is 0 Å². The van der Waals surface area contributed by atoms with Crippen LogP contribution in [0.3, 0.4) is 0 Å². The predicted molar refractivity (Wildman–Crippen MR) is 63.3 cm³/mol. The summed E-state index contributed by atoms with van der Waals surface area (Å²) >= 11 is 0. The van der Waals surface area contributed by atoms with Gasteiger partial charge in [0.1, 0.15) is 0 Å². The quantitative estimate of drug-likeness (QED) is 0.815. The molecule has 2 N–H and O–H groups in total. The van der Waals surface area contributed by atoms with Crippen LogP contribution in [-0.4, -0.2) is 42.0 Å². The van der Waals surface area contributed by atoms with Gasteiger partial charge >= 0.3 is 0 Å². The molecule has 0 bridgehead atoms. The van der Waals surface area contributed by atoms with Gasteiger partial charge in [0.05, 0.1) is 19.3 Å². The average Bonchev–Trinajstić information content (AvgIpc) is 3.05. The van der Waals surface area contributed by atoms with E-state index in [4.69, 9.17) is 9.47 Å². The molecular weight excluding hydrogens is 234 g/mol. The van der Waals surface area contributed by atoms with Crippen LogP contribution in [0, 0.1) is 0 Å². The number of hydrogen-bond acceptors (Lipinski definition) is 4. The molecule has 1 fully saturated rings. The SMILES string of the molecule is O=C(NCC1CCCO1)c1n[nH]c2c1COCC2. The zero-order valence-corrected chi connectivity index (χ0v) is 10.2. The summed E-state index contributed by atoms with van der Waals surface area (Å²) in [6, 6.07) is 0. The highest BCUT2D eigenvalue weighted by Gasteiger charge is 2.23. The second-order valence-electron chi connectivity index (χ2n) is 4.68. The topological polar surface area (TPSA) is 76.2 Å². The van der Waals surface area contributed by atoms with Crippen LogP contribution < -0.4 is 5.32 Å². The Hall–Kier alpha value is -1.40. The Morgan fingerprint density at radius 2 is 2.44 bits per heavy atom. The zero-order chi connectivity index (χ0) is 12.4. The number of hydrogen-bond donors (Lipinski definition) is 2. The maximum atomic E-state index is 12.0. The van der Waals surface area contributed by atoms with Gasteiger partial charge < -0.3 is 14.8 Å². The number of ether oxygens (including phenoxy) is 2. The Morgan fingerprint density at radius 3 is 3.28 bits per heavy atom. The summed E-state index contributed by atoms with van der Waals surface area (Å²) in [6.45, 7) is 2.51. The fourth-order valence-electron chi connectivity index (χ4n) is 2.40. The molecule has 1 unspecified atom stereocenters. The first-order valence-corrected chi connectivity index (χ1v) is 6.38. The van der Waals surface area contributed by atoms with E-state index in [-0.39, 0.29) is 12.0 Å². The lowest BCUT2D eigenvalue weighted by Crippen LogP contribution is -2.32. The molecule has 18 heavy (non-hydrogen) atoms. The van der Waals surface area contributed by atoms with Crippen LogP contribution in [-0.2, 0) is 22.5 Å². The Bertz CT molecular complexity index is 438. The normalized spacial score (nSPS) is 22.8. The van der Waals surface area contributed by atoms with Gasteiger partial charge in [-0.15, -0.1) is 0 Å². The zero-order valence-electron chi connectivity index (χ0n) is 10.2. The van der Waals surface area contributed by atoms with Crippen molar-refractivity contribution in [1.82, 2.24) is 15.5 Å². The van der Waals surface area contributed by atoms with E-state index < -0.39 is 0 Å². The molecule has 98 valence electrons. The van der Waals surface area contributed by atoms with Crippen LogP contribution >= 0.6 is 0 Å². The largest absolute Gasteiger partial charge is 0.376 e. The summed E-state index contributed by atoms with van der Waals surface area (Å²) < 4.78 is 10.8. The van der Waals surface area contributed by atoms with Gasteiger partial charge in [0.25, 0.3) is 5.91 Å². The van der Waals surface area contributed by atoms with Crippen molar-refractivity contribution in [2.75, 3.05) is 19.8 Å². The molecule has 1 amide bonds. The standard InChI is InChI=1S/C12H17N3O3/c16-12(13-6-8-2-1-4-18-8)11-9-7-17-5-3-10(9)14-15-11/h8H,1-7H2,(H,13,16)(H,14,15). The van der Waals surface area contributed by atoms with E-state index in [1.807, 2.05) is 0 Å². The van der Waals surface area contributed by atoms with Crippen molar-refractivity contribution >= 4 is 5.91 Å². The second kappa shape index (κ2) is 5.07. The number of amides is 1. The smallest absolute Gasteiger partial charge is 0.272 e. The maximum Gasteiger partial charge on any atom is 0.272 e. The van der Waals surface area contributed by atoms with Gasteiger partial charge in [-0.3, -0.25) is 9.89 Å². The lowest BCUT2D eigenvalue weighted by molar-refractivity contribution is 0.0840. The van der Waals surface area contributed by atoms with E-state index in [0.29, 0.717) is 25.5 Å². The Morgan fingerprint density at radius 1 is 1.50 bits per heavy atom. The fraction of sp³-hybridized carbons (Fsp3) is 0.667. The molecule has 0 aromatic carbocycles. The van der Waals surface area contributed by atoms with E-state index in [9.17, 15) is 4.79 Å². The van der Waals surface area contributed by atoms with Gasteiger partial charge in [-0.1, -0.05) is 0 Å². The van der Waals surface area contributed by atoms with Gasteiger partial charge in [0.2, 0.25) is 0 Å². The first-order valence-electron chi connectivity index (χ1n) is 6.38. The minimum absolute atomic E-state index is 0.145. The number of carbonyl (C=O) groups is 1. The molecule has 1 aromatic heterocycles. The summed E-state index contributed by atoms with van der Waals surface area (Å²) in [7, 11) is 0. The van der Waals surface area contributed by atoms with Crippen LogP contribution in [0.25, 0.3) is 0 Å². The van der Waals surface area contributed by atoms with Crippen molar-refractivity contribution in [2.24, 2.45) is 0 Å². The molecule has 0 spiro atoms. The van der Waals surface area contributed by atoms with Gasteiger partial charge in [0.15, 0.2) is 5.69 Å². The first-order chi connectivity index (χ1) is 8.84. The highest BCUT2D eigenvalue weighted by atomic mass is 16.5. The molecule has 0 saturated carbocycles. The van der Waals surface area contributed by atoms with E-state index >= 15 is 0 Å². The fourth-order valence-corrected chi connectivity index (χ4v) is 2.40. The molecule has 2 aliphatic rings. The number of aromatic nitrogens is 2. The molecule has 3 heterocycles. The molecule has 0 radical (unpaired) electrons. The molecule has 6 nitrogen and oxygen atoms in total. The van der Waals surface area contributed by atoms with E-state index in [2.05, 4.69) is 15.5 Å². The Kier molecular flexibility index (Phi) is 3.29. The predicted octanol–water partition coefficient (Wildman–Crippen LogP) is 0.391. The van der Waals surface area contributed by atoms with E-state index in [1.165, 1.54) is 0 Å². The molecule has 1 aromatic rings. The molecule has 1 atom stereocenters. The van der Waals surface area contributed by atoms with Gasteiger partial charge in [-0.25, -0.2) is 0 Å². The van der Waals surface area contributed by atoms with Crippen LogP contribution in [0.4, 0.5) is 0 Å². The monoisotopic (exact) mass is 251 g/mol. The third-order valence-corrected chi connectivity index (χ3v) is 3.42. The second-order valence-corrected chi connectivity index (χ2v) is 4.68. The molecule has 3 rings (SSSR count). The van der Waals surface area contributed by atoms with Crippen molar-refractivity contribution in [3.05, 3.63) is 17.0 Å². The summed E-state index contributed by atoms with van der Waals surface area (Å²) in [5.41, 5.74) is 2.37. The third kappa shape index (κ3) is 2.26. The molecular formula is C12H17N3O3. The average molecular weight is 251 g/mol. The van der Waals surface area contributed by atoms with Crippen LogP contribution in [0.1, 0.15) is 34.6 Å². The van der Waals surface area contributed by atoms with Gasteiger partial charge in [-0.2, -0.15) is 5.10 Å². The number of H-pyrrole nitrogens is 1. The van der Waals surface area contributed by atoms with Crippen molar-refractivity contribution in [3.63, 3.8) is 0 Å². The maximum absolute atomic E-state index is 12.0. The lowest BCUT2D eigenvalue weighted by Gasteiger charge is -2.13. The van der Waals surface area contributed by atoms with E-state index in [1.54, 1.807) is 0 Å². The summed E-state index contributed by atoms with van der Waals surface area (Å²) in [5, 5.41) is 9.87. The first kappa shape index (κ1) is 11.7. The van der Waals surface area contributed by atoms with Crippen molar-refractivity contribution in [2.45, 2.75) is 32.0 Å². The summed E-state index contributed by atoms with van der Waals surface area (Å²) in [5.74, 6) is -0.145. The molecule has 1 saturated heterocycles. The number of rotatable bonds is 3. The molecule has 6 heteroatoms. The number of aromatic amines is 1. The van der Waals surface area contributed by atoms with Gasteiger partial charge in [0, 0.05) is 30.8 Å². The van der Waals surface area contributed by atoms with Gasteiger partial charge in [-0.05, 0) is 12.8 Å². The molecule has 2 aliphatic heterocycles. The Balaban J connectivity index is 1.63. The lowest BCUT2D eigenvalue weighted by atomic mass is 10.1. The highest BCUT2D eigenvalue weighted by Crippen LogP contribution is 2.18. The summed E-state index contributed by atoms with van der Waals surface area (Å²) in [4.78, 5) is 12.0. The van der Waals surface area contributed by atoms with Crippen LogP contribution in [0.2, 0.25) is 0 Å². The van der Waals surface area contributed by atoms with Crippen LogP contribution in [0.5, 0.6) is 0 Å². The highest BCUT2D eigenvalue weighted by molar-refractivity contribution is 5.94. The van der Waals surface area contributed by atoms with E-state index in [0.717, 1.165) is 37.1 Å². The minimum Gasteiger partial charge on any atom is -0.376 e.